The van der Waals surface area contributed by atoms with Crippen LogP contribution in [0.3, 0.4) is 0 Å². The largest absolute Gasteiger partial charge is 0.450 e. The molecule has 1 unspecified atom stereocenters. The Labute approximate surface area is 190 Å². The van der Waals surface area contributed by atoms with Gasteiger partial charge in [0, 0.05) is 17.6 Å². The van der Waals surface area contributed by atoms with Gasteiger partial charge in [0.25, 0.3) is 5.91 Å². The van der Waals surface area contributed by atoms with Crippen LogP contribution in [0.2, 0.25) is 0 Å². The Morgan fingerprint density at radius 3 is 2.35 bits per heavy atom. The summed E-state index contributed by atoms with van der Waals surface area (Å²) in [5.74, 6) is -0.0767. The lowest BCUT2D eigenvalue weighted by Crippen LogP contribution is -2.35. The van der Waals surface area contributed by atoms with E-state index in [1.165, 1.54) is 5.56 Å². The van der Waals surface area contributed by atoms with Crippen molar-refractivity contribution in [2.45, 2.75) is 32.2 Å². The first kappa shape index (κ1) is 21.8. The van der Waals surface area contributed by atoms with E-state index >= 15 is 0 Å². The van der Waals surface area contributed by atoms with Crippen molar-refractivity contribution >= 4 is 32.8 Å². The zero-order chi connectivity index (χ0) is 22.5. The van der Waals surface area contributed by atoms with E-state index in [1.807, 2.05) is 37.2 Å². The van der Waals surface area contributed by atoms with Gasteiger partial charge in [-0.05, 0) is 48.8 Å². The summed E-state index contributed by atoms with van der Waals surface area (Å²) in [5.41, 5.74) is 2.85. The Morgan fingerprint density at radius 2 is 1.74 bits per heavy atom. The Hall–Kier alpha value is -2.44. The summed E-state index contributed by atoms with van der Waals surface area (Å²) in [7, 11) is 3.94. The molecule has 1 aromatic heterocycles. The van der Waals surface area contributed by atoms with Gasteiger partial charge in [-0.1, -0.05) is 61.0 Å². The first-order valence-electron chi connectivity index (χ1n) is 10.4. The minimum Gasteiger partial charge on any atom is -0.450 e. The minimum absolute atomic E-state index is 0.0219. The molecule has 2 heterocycles. The van der Waals surface area contributed by atoms with Gasteiger partial charge in [0.05, 0.1) is 17.0 Å². The highest BCUT2D eigenvalue weighted by molar-refractivity contribution is 9.10. The van der Waals surface area contributed by atoms with Gasteiger partial charge in [0.1, 0.15) is 5.58 Å². The SMILES string of the molecule is CN(C)CCN1C(=O)c2oc3ccc(Br)cc3c(=O)c2C1c1ccc(C(C)(C)C)cc1. The Morgan fingerprint density at radius 1 is 1.06 bits per heavy atom. The summed E-state index contributed by atoms with van der Waals surface area (Å²) in [6.45, 7) is 7.69. The fourth-order valence-corrected chi connectivity index (χ4v) is 4.40. The quantitative estimate of drug-likeness (QED) is 0.527. The van der Waals surface area contributed by atoms with Crippen LogP contribution in [0, 0.1) is 0 Å². The second-order valence-corrected chi connectivity index (χ2v) is 10.3. The number of nitrogens with zero attached hydrogens (tertiary/aromatic N) is 2. The molecule has 1 amide bonds. The summed E-state index contributed by atoms with van der Waals surface area (Å²) in [6, 6.07) is 13.1. The third kappa shape index (κ3) is 3.94. The van der Waals surface area contributed by atoms with Gasteiger partial charge in [-0.15, -0.1) is 0 Å². The second-order valence-electron chi connectivity index (χ2n) is 9.39. The van der Waals surface area contributed by atoms with Crippen molar-refractivity contribution in [3.63, 3.8) is 0 Å². The van der Waals surface area contributed by atoms with Gasteiger partial charge in [0.15, 0.2) is 5.43 Å². The van der Waals surface area contributed by atoms with Crippen molar-refractivity contribution < 1.29 is 9.21 Å². The van der Waals surface area contributed by atoms with E-state index < -0.39 is 6.04 Å². The molecule has 6 heteroatoms. The van der Waals surface area contributed by atoms with E-state index in [-0.39, 0.29) is 22.5 Å². The number of halogens is 1. The predicted octanol–water partition coefficient (Wildman–Crippen LogP) is 4.96. The Bertz CT molecular complexity index is 1210. The molecular weight excluding hydrogens is 456 g/mol. The number of carbonyl (C=O) groups is 1. The maximum absolute atomic E-state index is 13.5. The van der Waals surface area contributed by atoms with Crippen LogP contribution in [0.4, 0.5) is 0 Å². The molecule has 0 bridgehead atoms. The second kappa shape index (κ2) is 7.92. The molecule has 1 aliphatic rings. The fraction of sp³-hybridized carbons (Fsp3) is 0.360. The molecule has 31 heavy (non-hydrogen) atoms. The minimum atomic E-state index is -0.462. The first-order valence-corrected chi connectivity index (χ1v) is 11.2. The molecule has 4 rings (SSSR count). The molecular formula is C25H27BrN2O3. The monoisotopic (exact) mass is 482 g/mol. The van der Waals surface area contributed by atoms with Crippen LogP contribution in [0.25, 0.3) is 11.0 Å². The number of fused-ring (bicyclic) bond motifs is 2. The molecule has 5 nitrogen and oxygen atoms in total. The summed E-state index contributed by atoms with van der Waals surface area (Å²) in [4.78, 5) is 30.7. The van der Waals surface area contributed by atoms with Gasteiger partial charge in [-0.3, -0.25) is 9.59 Å². The van der Waals surface area contributed by atoms with Gasteiger partial charge < -0.3 is 14.2 Å². The summed E-state index contributed by atoms with van der Waals surface area (Å²) in [6.07, 6.45) is 0. The highest BCUT2D eigenvalue weighted by Gasteiger charge is 2.42. The van der Waals surface area contributed by atoms with Gasteiger partial charge in [0.2, 0.25) is 5.76 Å². The van der Waals surface area contributed by atoms with Crippen LogP contribution >= 0.6 is 15.9 Å². The van der Waals surface area contributed by atoms with E-state index in [2.05, 4.69) is 48.8 Å². The topological polar surface area (TPSA) is 53.8 Å². The lowest BCUT2D eigenvalue weighted by atomic mass is 9.86. The van der Waals surface area contributed by atoms with E-state index in [1.54, 1.807) is 17.0 Å². The van der Waals surface area contributed by atoms with Crippen molar-refractivity contribution in [2.24, 2.45) is 0 Å². The summed E-state index contributed by atoms with van der Waals surface area (Å²) in [5, 5.41) is 0.478. The zero-order valence-corrected chi connectivity index (χ0v) is 20.1. The van der Waals surface area contributed by atoms with Crippen LogP contribution in [0.1, 0.15) is 54.1 Å². The molecule has 0 N–H and O–H groups in total. The van der Waals surface area contributed by atoms with Crippen LogP contribution in [-0.2, 0) is 5.41 Å². The Kier molecular flexibility index (Phi) is 5.56. The lowest BCUT2D eigenvalue weighted by Gasteiger charge is -2.27. The third-order valence-corrected chi connectivity index (χ3v) is 6.30. The van der Waals surface area contributed by atoms with Crippen LogP contribution in [-0.4, -0.2) is 42.9 Å². The van der Waals surface area contributed by atoms with Crippen LogP contribution in [0.5, 0.6) is 0 Å². The maximum Gasteiger partial charge on any atom is 0.290 e. The molecule has 1 aliphatic heterocycles. The number of hydrogen-bond donors (Lipinski definition) is 0. The van der Waals surface area contributed by atoms with Crippen LogP contribution in [0.15, 0.2) is 56.1 Å². The molecule has 1 atom stereocenters. The number of rotatable bonds is 4. The van der Waals surface area contributed by atoms with Gasteiger partial charge >= 0.3 is 0 Å². The fourth-order valence-electron chi connectivity index (χ4n) is 4.04. The van der Waals surface area contributed by atoms with E-state index in [4.69, 9.17) is 4.42 Å². The molecule has 0 aliphatic carbocycles. The van der Waals surface area contributed by atoms with Crippen molar-refractivity contribution in [2.75, 3.05) is 27.2 Å². The van der Waals surface area contributed by atoms with E-state index in [0.717, 1.165) is 10.0 Å². The number of benzene rings is 2. The molecule has 0 saturated heterocycles. The van der Waals surface area contributed by atoms with Gasteiger partial charge in [-0.2, -0.15) is 0 Å². The molecule has 0 spiro atoms. The number of hydrogen-bond acceptors (Lipinski definition) is 4. The average Bonchev–Trinajstić information content (AvgIpc) is 2.98. The molecule has 0 fully saturated rings. The van der Waals surface area contributed by atoms with Crippen molar-refractivity contribution in [3.05, 3.63) is 79.6 Å². The van der Waals surface area contributed by atoms with Crippen LogP contribution < -0.4 is 5.43 Å². The smallest absolute Gasteiger partial charge is 0.290 e. The van der Waals surface area contributed by atoms with E-state index in [0.29, 0.717) is 29.6 Å². The maximum atomic E-state index is 13.5. The normalized spacial score (nSPS) is 16.4. The molecule has 2 aromatic carbocycles. The van der Waals surface area contributed by atoms with Crippen molar-refractivity contribution in [3.8, 4) is 0 Å². The molecule has 0 saturated carbocycles. The predicted molar refractivity (Wildman–Crippen MR) is 127 cm³/mol. The summed E-state index contributed by atoms with van der Waals surface area (Å²) < 4.78 is 6.79. The highest BCUT2D eigenvalue weighted by Crippen LogP contribution is 2.38. The highest BCUT2D eigenvalue weighted by atomic mass is 79.9. The molecule has 3 aromatic rings. The number of carbonyl (C=O) groups excluding carboxylic acids is 1. The van der Waals surface area contributed by atoms with Crippen molar-refractivity contribution in [1.82, 2.24) is 9.80 Å². The average molecular weight is 483 g/mol. The molecule has 162 valence electrons. The zero-order valence-electron chi connectivity index (χ0n) is 18.5. The molecule has 0 radical (unpaired) electrons. The van der Waals surface area contributed by atoms with Gasteiger partial charge in [-0.25, -0.2) is 0 Å². The number of likely N-dealkylation sites (N-methyl/N-ethyl adjacent to an activating group) is 1. The lowest BCUT2D eigenvalue weighted by molar-refractivity contribution is 0.0716. The third-order valence-electron chi connectivity index (χ3n) is 5.81. The Balaban J connectivity index is 1.90. The summed E-state index contributed by atoms with van der Waals surface area (Å²) >= 11 is 3.43. The van der Waals surface area contributed by atoms with Crippen molar-refractivity contribution in [1.29, 1.82) is 0 Å². The number of amides is 1. The first-order chi connectivity index (χ1) is 14.6. The standard InChI is InChI=1S/C25H27BrN2O3/c1-25(2,3)16-8-6-15(7-9-16)21-20-22(29)18-14-17(26)10-11-19(18)31-23(20)24(30)28(21)13-12-27(4)5/h6-11,14,21H,12-13H2,1-5H3. The van der Waals surface area contributed by atoms with E-state index in [9.17, 15) is 9.59 Å².